The maximum atomic E-state index is 11.8. The van der Waals surface area contributed by atoms with E-state index in [0.29, 0.717) is 23.8 Å². The molecule has 1 amide bonds. The summed E-state index contributed by atoms with van der Waals surface area (Å²) in [7, 11) is 3.50. The van der Waals surface area contributed by atoms with Crippen molar-refractivity contribution < 1.29 is 9.53 Å². The van der Waals surface area contributed by atoms with E-state index in [4.69, 9.17) is 4.74 Å². The number of halogens is 1. The number of rotatable bonds is 8. The molecular formula is C18H38IN5O2. The first-order valence-electron chi connectivity index (χ1n) is 9.35. The minimum absolute atomic E-state index is 0. The Labute approximate surface area is 176 Å². The highest BCUT2D eigenvalue weighted by atomic mass is 127. The maximum Gasteiger partial charge on any atom is 0.243 e. The number of likely N-dealkylation sites (N-methyl/N-ethyl adjacent to an activating group) is 1. The highest BCUT2D eigenvalue weighted by molar-refractivity contribution is 14.0. The Balaban J connectivity index is 0.00000625. The van der Waals surface area contributed by atoms with Gasteiger partial charge in [-0.1, -0.05) is 27.7 Å². The molecule has 1 heterocycles. The largest absolute Gasteiger partial charge is 0.379 e. The Bertz CT molecular complexity index is 424. The summed E-state index contributed by atoms with van der Waals surface area (Å²) in [6.45, 7) is 14.1. The molecule has 7 nitrogen and oxygen atoms in total. The van der Waals surface area contributed by atoms with Crippen molar-refractivity contribution in [3.63, 3.8) is 0 Å². The second-order valence-corrected chi connectivity index (χ2v) is 7.57. The van der Waals surface area contributed by atoms with Crippen LogP contribution in [0, 0.1) is 11.8 Å². The Morgan fingerprint density at radius 3 is 2.19 bits per heavy atom. The van der Waals surface area contributed by atoms with Gasteiger partial charge in [0.1, 0.15) is 6.54 Å². The molecule has 1 rings (SSSR count). The number of amides is 1. The first kappa shape index (κ1) is 25.4. The first-order chi connectivity index (χ1) is 11.8. The highest BCUT2D eigenvalue weighted by Crippen LogP contribution is 2.12. The number of carbonyl (C=O) groups excluding carboxylic acids is 1. The second kappa shape index (κ2) is 13.5. The van der Waals surface area contributed by atoms with Crippen LogP contribution in [0.4, 0.5) is 0 Å². The predicted octanol–water partition coefficient (Wildman–Crippen LogP) is 1.24. The fourth-order valence-corrected chi connectivity index (χ4v) is 2.66. The molecule has 0 aliphatic carbocycles. The van der Waals surface area contributed by atoms with Crippen molar-refractivity contribution in [3.8, 4) is 0 Å². The van der Waals surface area contributed by atoms with Crippen LogP contribution < -0.4 is 10.6 Å². The molecule has 8 heteroatoms. The van der Waals surface area contributed by atoms with Gasteiger partial charge in [0.2, 0.25) is 5.91 Å². The van der Waals surface area contributed by atoms with E-state index in [9.17, 15) is 4.79 Å². The number of nitrogens with one attached hydrogen (secondary N) is 2. The van der Waals surface area contributed by atoms with Crippen molar-refractivity contribution in [1.82, 2.24) is 20.4 Å². The van der Waals surface area contributed by atoms with Crippen LogP contribution in [0.2, 0.25) is 0 Å². The zero-order chi connectivity index (χ0) is 18.8. The van der Waals surface area contributed by atoms with Gasteiger partial charge in [-0.3, -0.25) is 9.69 Å². The lowest BCUT2D eigenvalue weighted by Gasteiger charge is -2.37. The lowest BCUT2D eigenvalue weighted by atomic mass is 10.0. The lowest BCUT2D eigenvalue weighted by molar-refractivity contribution is -0.127. The zero-order valence-corrected chi connectivity index (χ0v) is 19.6. The van der Waals surface area contributed by atoms with E-state index in [1.807, 2.05) is 0 Å². The van der Waals surface area contributed by atoms with Gasteiger partial charge < -0.3 is 20.3 Å². The molecule has 0 aromatic carbocycles. The smallest absolute Gasteiger partial charge is 0.243 e. The van der Waals surface area contributed by atoms with Gasteiger partial charge in [-0.25, -0.2) is 4.99 Å². The normalized spacial score (nSPS) is 17.0. The van der Waals surface area contributed by atoms with E-state index in [2.05, 4.69) is 48.2 Å². The van der Waals surface area contributed by atoms with E-state index in [1.165, 1.54) is 0 Å². The Hall–Kier alpha value is -0.610. The number of nitrogens with zero attached hydrogens (tertiary/aromatic N) is 3. The van der Waals surface area contributed by atoms with Crippen LogP contribution in [-0.2, 0) is 9.53 Å². The molecule has 1 saturated heterocycles. The van der Waals surface area contributed by atoms with E-state index in [1.54, 1.807) is 19.0 Å². The summed E-state index contributed by atoms with van der Waals surface area (Å²) in [5.41, 5.74) is 0. The number of ether oxygens (including phenoxy) is 1. The van der Waals surface area contributed by atoms with Crippen LogP contribution in [0.15, 0.2) is 4.99 Å². The molecule has 1 unspecified atom stereocenters. The summed E-state index contributed by atoms with van der Waals surface area (Å²) in [5, 5.41) is 6.77. The maximum absolute atomic E-state index is 11.8. The number of hydrogen-bond donors (Lipinski definition) is 2. The molecule has 154 valence electrons. The van der Waals surface area contributed by atoms with Crippen LogP contribution in [0.25, 0.3) is 0 Å². The monoisotopic (exact) mass is 483 g/mol. The molecule has 1 fully saturated rings. The van der Waals surface area contributed by atoms with Gasteiger partial charge in [0.05, 0.1) is 13.2 Å². The molecule has 26 heavy (non-hydrogen) atoms. The standard InChI is InChI=1S/C18H37N5O2.HI/c1-14(2)11-19-18(21-13-17(24)22(5)6)20-12-16(15(3)4)23-7-9-25-10-8-23;/h14-16H,7-13H2,1-6H3,(H2,19,20,21);1H. The van der Waals surface area contributed by atoms with Gasteiger partial charge >= 0.3 is 0 Å². The Morgan fingerprint density at radius 1 is 1.12 bits per heavy atom. The first-order valence-corrected chi connectivity index (χ1v) is 9.35. The summed E-state index contributed by atoms with van der Waals surface area (Å²) in [4.78, 5) is 20.3. The molecular weight excluding hydrogens is 445 g/mol. The fraction of sp³-hybridized carbons (Fsp3) is 0.889. The van der Waals surface area contributed by atoms with E-state index >= 15 is 0 Å². The number of hydrogen-bond acceptors (Lipinski definition) is 4. The third-order valence-corrected chi connectivity index (χ3v) is 4.31. The number of aliphatic imine (C=N–C) groups is 1. The molecule has 2 N–H and O–H groups in total. The average Bonchev–Trinajstić information content (AvgIpc) is 2.56. The third-order valence-electron chi connectivity index (χ3n) is 4.31. The average molecular weight is 483 g/mol. The van der Waals surface area contributed by atoms with Gasteiger partial charge in [0.25, 0.3) is 0 Å². The topological polar surface area (TPSA) is 69.2 Å². The van der Waals surface area contributed by atoms with Gasteiger partial charge in [0, 0.05) is 46.3 Å². The number of carbonyl (C=O) groups is 1. The Morgan fingerprint density at radius 2 is 1.69 bits per heavy atom. The van der Waals surface area contributed by atoms with Crippen LogP contribution in [0.5, 0.6) is 0 Å². The highest BCUT2D eigenvalue weighted by Gasteiger charge is 2.24. The Kier molecular flexibility index (Phi) is 13.2. The summed E-state index contributed by atoms with van der Waals surface area (Å²) >= 11 is 0. The quantitative estimate of drug-likeness (QED) is 0.309. The summed E-state index contributed by atoms with van der Waals surface area (Å²) in [6, 6.07) is 0.416. The van der Waals surface area contributed by atoms with Crippen molar-refractivity contribution in [2.24, 2.45) is 16.8 Å². The molecule has 1 atom stereocenters. The zero-order valence-electron chi connectivity index (χ0n) is 17.2. The van der Waals surface area contributed by atoms with E-state index < -0.39 is 0 Å². The van der Waals surface area contributed by atoms with Crippen molar-refractivity contribution in [1.29, 1.82) is 0 Å². The predicted molar refractivity (Wildman–Crippen MR) is 118 cm³/mol. The van der Waals surface area contributed by atoms with Crippen molar-refractivity contribution >= 4 is 35.8 Å². The lowest BCUT2D eigenvalue weighted by Crippen LogP contribution is -2.53. The number of morpholine rings is 1. The van der Waals surface area contributed by atoms with Gasteiger partial charge in [-0.15, -0.1) is 24.0 Å². The summed E-state index contributed by atoms with van der Waals surface area (Å²) in [6.07, 6.45) is 0. The molecule has 0 aromatic heterocycles. The second-order valence-electron chi connectivity index (χ2n) is 7.57. The van der Waals surface area contributed by atoms with Crippen molar-refractivity contribution in [3.05, 3.63) is 0 Å². The van der Waals surface area contributed by atoms with E-state index in [0.717, 1.165) is 39.4 Å². The molecule has 1 aliphatic heterocycles. The minimum Gasteiger partial charge on any atom is -0.379 e. The van der Waals surface area contributed by atoms with E-state index in [-0.39, 0.29) is 36.4 Å². The summed E-state index contributed by atoms with van der Waals surface area (Å²) < 4.78 is 5.47. The molecule has 0 spiro atoms. The van der Waals surface area contributed by atoms with Crippen molar-refractivity contribution in [2.45, 2.75) is 33.7 Å². The SMILES string of the molecule is CC(C)CNC(=NCC(=O)N(C)C)NCC(C(C)C)N1CCOCC1.I. The van der Waals surface area contributed by atoms with Crippen LogP contribution >= 0.6 is 24.0 Å². The van der Waals surface area contributed by atoms with Gasteiger partial charge in [0.15, 0.2) is 5.96 Å². The van der Waals surface area contributed by atoms with Crippen LogP contribution in [-0.4, -0.2) is 87.7 Å². The fourth-order valence-electron chi connectivity index (χ4n) is 2.66. The minimum atomic E-state index is -0.000708. The van der Waals surface area contributed by atoms with Gasteiger partial charge in [-0.2, -0.15) is 0 Å². The van der Waals surface area contributed by atoms with Crippen molar-refractivity contribution in [2.75, 3.05) is 60.0 Å². The molecule has 1 aliphatic rings. The molecule has 0 radical (unpaired) electrons. The van der Waals surface area contributed by atoms with Crippen LogP contribution in [0.1, 0.15) is 27.7 Å². The third kappa shape index (κ3) is 9.91. The summed E-state index contributed by atoms with van der Waals surface area (Å²) in [5.74, 6) is 1.75. The van der Waals surface area contributed by atoms with Crippen LogP contribution in [0.3, 0.4) is 0 Å². The van der Waals surface area contributed by atoms with Gasteiger partial charge in [-0.05, 0) is 11.8 Å². The molecule has 0 bridgehead atoms. The molecule has 0 aromatic rings. The molecule has 0 saturated carbocycles. The number of guanidine groups is 1.